The largest absolute Gasteiger partial charge is 0.381 e. The average molecular weight is 241 g/mol. The molecule has 0 saturated heterocycles. The maximum atomic E-state index is 6.05. The normalized spacial score (nSPS) is 13.9. The zero-order valence-electron chi connectivity index (χ0n) is 11.2. The number of aromatic nitrogens is 2. The van der Waals surface area contributed by atoms with Gasteiger partial charge in [0.05, 0.1) is 19.1 Å². The van der Waals surface area contributed by atoms with Crippen molar-refractivity contribution in [1.29, 1.82) is 0 Å². The van der Waals surface area contributed by atoms with E-state index in [-0.39, 0.29) is 11.5 Å². The van der Waals surface area contributed by atoms with Gasteiger partial charge in [0.1, 0.15) is 0 Å². The quantitative estimate of drug-likeness (QED) is 0.772. The summed E-state index contributed by atoms with van der Waals surface area (Å²) in [6, 6.07) is -0.212. The molecule has 0 aromatic carbocycles. The van der Waals surface area contributed by atoms with Crippen LogP contribution in [0.15, 0.2) is 4.52 Å². The van der Waals surface area contributed by atoms with Gasteiger partial charge in [0, 0.05) is 6.61 Å². The monoisotopic (exact) mass is 241 g/mol. The number of rotatable bonds is 6. The summed E-state index contributed by atoms with van der Waals surface area (Å²) in [5.41, 5.74) is 5.98. The highest BCUT2D eigenvalue weighted by Crippen LogP contribution is 2.28. The van der Waals surface area contributed by atoms with E-state index in [1.54, 1.807) is 0 Å². The Hall–Kier alpha value is -0.940. The molecule has 0 spiro atoms. The second-order valence-corrected chi connectivity index (χ2v) is 5.25. The van der Waals surface area contributed by atoms with E-state index in [0.29, 0.717) is 24.7 Å². The van der Waals surface area contributed by atoms with E-state index in [1.807, 2.05) is 0 Å². The van der Waals surface area contributed by atoms with E-state index in [0.717, 1.165) is 13.0 Å². The molecule has 0 saturated carbocycles. The van der Waals surface area contributed by atoms with Crippen LogP contribution in [-0.2, 0) is 11.2 Å². The lowest BCUT2D eigenvalue weighted by Crippen LogP contribution is -2.27. The zero-order chi connectivity index (χ0) is 12.9. The van der Waals surface area contributed by atoms with Crippen LogP contribution in [0.2, 0.25) is 0 Å². The van der Waals surface area contributed by atoms with Crippen molar-refractivity contribution in [3.8, 4) is 0 Å². The Morgan fingerprint density at radius 3 is 2.65 bits per heavy atom. The molecule has 0 radical (unpaired) electrons. The Balaban J connectivity index is 2.48. The fourth-order valence-corrected chi connectivity index (χ4v) is 1.29. The second-order valence-electron chi connectivity index (χ2n) is 5.25. The number of ether oxygens (including phenoxy) is 1. The molecule has 2 N–H and O–H groups in total. The van der Waals surface area contributed by atoms with Gasteiger partial charge in [-0.15, -0.1) is 0 Å². The molecule has 5 heteroatoms. The van der Waals surface area contributed by atoms with Crippen LogP contribution >= 0.6 is 0 Å². The van der Waals surface area contributed by atoms with E-state index in [9.17, 15) is 0 Å². The Bertz CT molecular complexity index is 331. The summed E-state index contributed by atoms with van der Waals surface area (Å²) >= 11 is 0. The first kappa shape index (κ1) is 14.1. The molecule has 98 valence electrons. The average Bonchev–Trinajstić information content (AvgIpc) is 2.70. The van der Waals surface area contributed by atoms with Crippen LogP contribution in [-0.4, -0.2) is 23.4 Å². The molecule has 17 heavy (non-hydrogen) atoms. The summed E-state index contributed by atoms with van der Waals surface area (Å²) < 4.78 is 10.5. The van der Waals surface area contributed by atoms with Gasteiger partial charge in [-0.2, -0.15) is 4.98 Å². The Morgan fingerprint density at radius 2 is 2.06 bits per heavy atom. The summed E-state index contributed by atoms with van der Waals surface area (Å²) in [5.74, 6) is 1.17. The minimum absolute atomic E-state index is 0.0696. The van der Waals surface area contributed by atoms with Gasteiger partial charge in [0.15, 0.2) is 5.82 Å². The van der Waals surface area contributed by atoms with E-state index >= 15 is 0 Å². The highest BCUT2D eigenvalue weighted by Gasteiger charge is 2.26. The maximum Gasteiger partial charge on any atom is 0.229 e. The first-order valence-corrected chi connectivity index (χ1v) is 6.11. The van der Waals surface area contributed by atoms with Gasteiger partial charge in [-0.05, 0) is 11.8 Å². The molecule has 1 aromatic heterocycles. The number of hydrogen-bond acceptors (Lipinski definition) is 5. The lowest BCUT2D eigenvalue weighted by molar-refractivity contribution is 0.132. The Morgan fingerprint density at radius 1 is 1.35 bits per heavy atom. The lowest BCUT2D eigenvalue weighted by Gasteiger charge is -2.23. The molecule has 0 aliphatic carbocycles. The fourth-order valence-electron chi connectivity index (χ4n) is 1.29. The van der Waals surface area contributed by atoms with E-state index in [1.165, 1.54) is 0 Å². The van der Waals surface area contributed by atoms with Gasteiger partial charge < -0.3 is 15.0 Å². The van der Waals surface area contributed by atoms with Crippen LogP contribution in [0.25, 0.3) is 0 Å². The van der Waals surface area contributed by atoms with Crippen LogP contribution in [0.1, 0.15) is 51.9 Å². The molecule has 1 unspecified atom stereocenters. The maximum absolute atomic E-state index is 6.05. The van der Waals surface area contributed by atoms with Crippen molar-refractivity contribution in [1.82, 2.24) is 10.1 Å². The standard InChI is InChI=1S/C12H23N3O2/c1-5-7-16-8-6-9-14-11(15-17-9)10(13)12(2,3)4/h10H,5-8,13H2,1-4H3. The van der Waals surface area contributed by atoms with E-state index < -0.39 is 0 Å². The van der Waals surface area contributed by atoms with Gasteiger partial charge in [-0.25, -0.2) is 0 Å². The molecule has 0 bridgehead atoms. The SMILES string of the molecule is CCCOCCc1nc(C(N)C(C)(C)C)no1. The van der Waals surface area contributed by atoms with Gasteiger partial charge in [0.2, 0.25) is 5.89 Å². The first-order chi connectivity index (χ1) is 7.95. The lowest BCUT2D eigenvalue weighted by atomic mass is 9.87. The predicted molar refractivity (Wildman–Crippen MR) is 65.5 cm³/mol. The highest BCUT2D eigenvalue weighted by molar-refractivity contribution is 4.97. The van der Waals surface area contributed by atoms with Gasteiger partial charge >= 0.3 is 0 Å². The Labute approximate surface area is 103 Å². The van der Waals surface area contributed by atoms with E-state index in [4.69, 9.17) is 15.0 Å². The summed E-state index contributed by atoms with van der Waals surface area (Å²) in [6.07, 6.45) is 1.66. The minimum atomic E-state index is -0.212. The molecule has 1 aromatic rings. The van der Waals surface area contributed by atoms with Crippen molar-refractivity contribution in [2.75, 3.05) is 13.2 Å². The first-order valence-electron chi connectivity index (χ1n) is 6.11. The summed E-state index contributed by atoms with van der Waals surface area (Å²) in [4.78, 5) is 4.29. The molecule has 1 atom stereocenters. The topological polar surface area (TPSA) is 74.2 Å². The van der Waals surface area contributed by atoms with Crippen molar-refractivity contribution in [2.45, 2.75) is 46.6 Å². The molecular formula is C12H23N3O2. The second kappa shape index (κ2) is 6.12. The van der Waals surface area contributed by atoms with Crippen molar-refractivity contribution in [2.24, 2.45) is 11.1 Å². The van der Waals surface area contributed by atoms with Crippen LogP contribution in [0.3, 0.4) is 0 Å². The molecule has 1 rings (SSSR count). The van der Waals surface area contributed by atoms with Crippen LogP contribution in [0, 0.1) is 5.41 Å². The molecular weight excluding hydrogens is 218 g/mol. The molecule has 0 amide bonds. The van der Waals surface area contributed by atoms with E-state index in [2.05, 4.69) is 37.8 Å². The van der Waals surface area contributed by atoms with Crippen molar-refractivity contribution in [3.05, 3.63) is 11.7 Å². The van der Waals surface area contributed by atoms with Crippen molar-refractivity contribution in [3.63, 3.8) is 0 Å². The third-order valence-corrected chi connectivity index (χ3v) is 2.50. The molecule has 1 heterocycles. The van der Waals surface area contributed by atoms with Gasteiger partial charge in [-0.1, -0.05) is 32.9 Å². The molecule has 0 fully saturated rings. The minimum Gasteiger partial charge on any atom is -0.381 e. The van der Waals surface area contributed by atoms with Crippen LogP contribution in [0.5, 0.6) is 0 Å². The number of nitrogens with two attached hydrogens (primary N) is 1. The van der Waals surface area contributed by atoms with Crippen LogP contribution in [0.4, 0.5) is 0 Å². The smallest absolute Gasteiger partial charge is 0.229 e. The van der Waals surface area contributed by atoms with Crippen LogP contribution < -0.4 is 5.73 Å². The van der Waals surface area contributed by atoms with Gasteiger partial charge in [-0.3, -0.25) is 0 Å². The predicted octanol–water partition coefficient (Wildman–Crippen LogP) is 2.08. The molecule has 5 nitrogen and oxygen atoms in total. The third kappa shape index (κ3) is 4.44. The molecule has 0 aliphatic heterocycles. The third-order valence-electron chi connectivity index (χ3n) is 2.50. The van der Waals surface area contributed by atoms with Crippen molar-refractivity contribution < 1.29 is 9.26 Å². The summed E-state index contributed by atoms with van der Waals surface area (Å²) in [6.45, 7) is 9.62. The van der Waals surface area contributed by atoms with Crippen molar-refractivity contribution >= 4 is 0 Å². The Kier molecular flexibility index (Phi) is 5.08. The fraction of sp³-hybridized carbons (Fsp3) is 0.833. The summed E-state index contributed by atoms with van der Waals surface area (Å²) in [7, 11) is 0. The zero-order valence-corrected chi connectivity index (χ0v) is 11.2. The van der Waals surface area contributed by atoms with Gasteiger partial charge in [0.25, 0.3) is 0 Å². The summed E-state index contributed by atoms with van der Waals surface area (Å²) in [5, 5.41) is 3.91. The number of hydrogen-bond donors (Lipinski definition) is 1. The highest BCUT2D eigenvalue weighted by atomic mass is 16.5. The molecule has 0 aliphatic rings. The number of nitrogens with zero attached hydrogens (tertiary/aromatic N) is 2.